The van der Waals surface area contributed by atoms with Crippen LogP contribution in [-0.4, -0.2) is 33.0 Å². The highest BCUT2D eigenvalue weighted by Crippen LogP contribution is 2.26. The van der Waals surface area contributed by atoms with Crippen LogP contribution in [0.4, 0.5) is 0 Å². The molecular formula is C20H18N4O2S. The summed E-state index contributed by atoms with van der Waals surface area (Å²) in [7, 11) is 1.82. The standard InChI is InChI=1S/C20H18N4O2S/c1-24(12-15-13-27-17-5-3-2-4-16(15)17)19(25)7-6-18-22-20(23-26-18)14-8-10-21-11-9-14/h2-5,8-11,13H,6-7,12H2,1H3. The molecule has 0 spiro atoms. The predicted octanol–water partition coefficient (Wildman–Crippen LogP) is 3.94. The van der Waals surface area contributed by atoms with Gasteiger partial charge in [0.1, 0.15) is 0 Å². The summed E-state index contributed by atoms with van der Waals surface area (Å²) < 4.78 is 6.50. The molecule has 1 aromatic carbocycles. The monoisotopic (exact) mass is 378 g/mol. The SMILES string of the molecule is CN(Cc1csc2ccccc12)C(=O)CCc1nc(-c2ccncc2)no1. The molecule has 3 heterocycles. The smallest absolute Gasteiger partial charge is 0.227 e. The van der Waals surface area contributed by atoms with Crippen LogP contribution in [0.25, 0.3) is 21.5 Å². The van der Waals surface area contributed by atoms with Gasteiger partial charge in [-0.15, -0.1) is 11.3 Å². The Morgan fingerprint density at radius 3 is 2.85 bits per heavy atom. The molecule has 0 saturated heterocycles. The van der Waals surface area contributed by atoms with E-state index in [-0.39, 0.29) is 5.91 Å². The summed E-state index contributed by atoms with van der Waals surface area (Å²) >= 11 is 1.70. The van der Waals surface area contributed by atoms with E-state index in [1.807, 2.05) is 31.3 Å². The van der Waals surface area contributed by atoms with Crippen molar-refractivity contribution in [3.05, 3.63) is 65.6 Å². The summed E-state index contributed by atoms with van der Waals surface area (Å²) in [6.07, 6.45) is 4.11. The Labute approximate surface area is 160 Å². The molecule has 0 aliphatic heterocycles. The van der Waals surface area contributed by atoms with Gasteiger partial charge in [0, 0.05) is 49.1 Å². The van der Waals surface area contributed by atoms with Gasteiger partial charge < -0.3 is 9.42 Å². The number of aryl methyl sites for hydroxylation is 1. The van der Waals surface area contributed by atoms with Crippen LogP contribution in [0.2, 0.25) is 0 Å². The lowest BCUT2D eigenvalue weighted by Gasteiger charge is -2.16. The van der Waals surface area contributed by atoms with Crippen LogP contribution in [0.3, 0.4) is 0 Å². The van der Waals surface area contributed by atoms with Gasteiger partial charge in [0.05, 0.1) is 0 Å². The Hall–Kier alpha value is -3.06. The molecule has 27 heavy (non-hydrogen) atoms. The van der Waals surface area contributed by atoms with Crippen molar-refractivity contribution >= 4 is 27.3 Å². The molecule has 0 saturated carbocycles. The number of amides is 1. The molecule has 1 amide bonds. The van der Waals surface area contributed by atoms with Gasteiger partial charge in [0.25, 0.3) is 0 Å². The largest absolute Gasteiger partial charge is 0.341 e. The Balaban J connectivity index is 1.36. The van der Waals surface area contributed by atoms with Crippen LogP contribution in [-0.2, 0) is 17.8 Å². The third-order valence-electron chi connectivity index (χ3n) is 4.35. The molecule has 0 aliphatic carbocycles. The fourth-order valence-corrected chi connectivity index (χ4v) is 3.83. The van der Waals surface area contributed by atoms with Crippen LogP contribution in [0.5, 0.6) is 0 Å². The maximum Gasteiger partial charge on any atom is 0.227 e. The third-order valence-corrected chi connectivity index (χ3v) is 5.37. The highest BCUT2D eigenvalue weighted by molar-refractivity contribution is 7.17. The second kappa shape index (κ2) is 7.67. The van der Waals surface area contributed by atoms with Gasteiger partial charge in [-0.25, -0.2) is 0 Å². The Morgan fingerprint density at radius 2 is 2.00 bits per heavy atom. The molecule has 0 aliphatic rings. The number of rotatable bonds is 6. The molecule has 0 unspecified atom stereocenters. The van der Waals surface area contributed by atoms with Gasteiger partial charge in [0.2, 0.25) is 17.6 Å². The van der Waals surface area contributed by atoms with Gasteiger partial charge in [-0.05, 0) is 34.5 Å². The van der Waals surface area contributed by atoms with Crippen LogP contribution < -0.4 is 0 Å². The van der Waals surface area contributed by atoms with Gasteiger partial charge in [-0.3, -0.25) is 9.78 Å². The lowest BCUT2D eigenvalue weighted by molar-refractivity contribution is -0.130. The number of hydrogen-bond acceptors (Lipinski definition) is 6. The molecule has 4 aromatic rings. The van der Waals surface area contributed by atoms with E-state index in [9.17, 15) is 4.79 Å². The molecule has 0 bridgehead atoms. The fraction of sp³-hybridized carbons (Fsp3) is 0.200. The summed E-state index contributed by atoms with van der Waals surface area (Å²) in [4.78, 5) is 22.6. The molecule has 0 fully saturated rings. The molecule has 7 heteroatoms. The minimum absolute atomic E-state index is 0.0499. The van der Waals surface area contributed by atoms with Crippen LogP contribution in [0, 0.1) is 0 Å². The van der Waals surface area contributed by atoms with E-state index in [4.69, 9.17) is 4.52 Å². The summed E-state index contributed by atoms with van der Waals surface area (Å²) in [5, 5.41) is 7.29. The van der Waals surface area contributed by atoms with Crippen LogP contribution in [0.15, 0.2) is 58.7 Å². The number of aromatic nitrogens is 3. The first-order valence-electron chi connectivity index (χ1n) is 8.63. The van der Waals surface area contributed by atoms with Crippen molar-refractivity contribution in [2.24, 2.45) is 0 Å². The number of carbonyl (C=O) groups excluding carboxylic acids is 1. The molecule has 4 rings (SSSR count). The lowest BCUT2D eigenvalue weighted by Crippen LogP contribution is -2.26. The van der Waals surface area contributed by atoms with Crippen molar-refractivity contribution in [2.75, 3.05) is 7.05 Å². The number of pyridine rings is 1. The van der Waals surface area contributed by atoms with Crippen molar-refractivity contribution in [2.45, 2.75) is 19.4 Å². The van der Waals surface area contributed by atoms with Crippen molar-refractivity contribution < 1.29 is 9.32 Å². The van der Waals surface area contributed by atoms with E-state index in [2.05, 4.69) is 32.6 Å². The van der Waals surface area contributed by atoms with Crippen LogP contribution >= 0.6 is 11.3 Å². The molecule has 136 valence electrons. The topological polar surface area (TPSA) is 72.1 Å². The summed E-state index contributed by atoms with van der Waals surface area (Å²) in [5.41, 5.74) is 2.01. The lowest BCUT2D eigenvalue weighted by atomic mass is 10.1. The molecule has 0 radical (unpaired) electrons. The number of thiophene rings is 1. The predicted molar refractivity (Wildman–Crippen MR) is 104 cm³/mol. The zero-order valence-electron chi connectivity index (χ0n) is 14.8. The van der Waals surface area contributed by atoms with E-state index < -0.39 is 0 Å². The molecule has 0 atom stereocenters. The number of nitrogens with zero attached hydrogens (tertiary/aromatic N) is 4. The van der Waals surface area contributed by atoms with Gasteiger partial charge in [0.15, 0.2) is 0 Å². The molecular weight excluding hydrogens is 360 g/mol. The van der Waals surface area contributed by atoms with Gasteiger partial charge in [-0.1, -0.05) is 23.4 Å². The number of fused-ring (bicyclic) bond motifs is 1. The van der Waals surface area contributed by atoms with Crippen molar-refractivity contribution in [3.63, 3.8) is 0 Å². The second-order valence-electron chi connectivity index (χ2n) is 6.25. The third kappa shape index (κ3) is 3.88. The van der Waals surface area contributed by atoms with E-state index in [0.717, 1.165) is 5.56 Å². The Bertz CT molecular complexity index is 1060. The Kier molecular flexibility index (Phi) is 4.93. The van der Waals surface area contributed by atoms with Crippen molar-refractivity contribution in [1.29, 1.82) is 0 Å². The summed E-state index contributed by atoms with van der Waals surface area (Å²) in [6.45, 7) is 0.592. The second-order valence-corrected chi connectivity index (χ2v) is 7.17. The minimum Gasteiger partial charge on any atom is -0.341 e. The normalized spacial score (nSPS) is 11.0. The first-order chi connectivity index (χ1) is 13.2. The molecule has 6 nitrogen and oxygen atoms in total. The minimum atomic E-state index is 0.0499. The zero-order valence-corrected chi connectivity index (χ0v) is 15.6. The zero-order chi connectivity index (χ0) is 18.6. The molecule has 0 N–H and O–H groups in total. The van der Waals surface area contributed by atoms with Crippen molar-refractivity contribution in [1.82, 2.24) is 20.0 Å². The van der Waals surface area contributed by atoms with Crippen LogP contribution in [0.1, 0.15) is 17.9 Å². The van der Waals surface area contributed by atoms with Gasteiger partial charge in [-0.2, -0.15) is 4.98 Å². The number of benzene rings is 1. The highest BCUT2D eigenvalue weighted by atomic mass is 32.1. The van der Waals surface area contributed by atoms with E-state index in [1.54, 1.807) is 28.6 Å². The highest BCUT2D eigenvalue weighted by Gasteiger charge is 2.15. The summed E-state index contributed by atoms with van der Waals surface area (Å²) in [5.74, 6) is 1.02. The quantitative estimate of drug-likeness (QED) is 0.508. The Morgan fingerprint density at radius 1 is 1.19 bits per heavy atom. The van der Waals surface area contributed by atoms with Gasteiger partial charge >= 0.3 is 0 Å². The average molecular weight is 378 g/mol. The van der Waals surface area contributed by atoms with Crippen molar-refractivity contribution in [3.8, 4) is 11.4 Å². The van der Waals surface area contributed by atoms with E-state index >= 15 is 0 Å². The fourth-order valence-electron chi connectivity index (χ4n) is 2.88. The first-order valence-corrected chi connectivity index (χ1v) is 9.51. The first kappa shape index (κ1) is 17.4. The number of hydrogen-bond donors (Lipinski definition) is 0. The maximum absolute atomic E-state index is 12.5. The van der Waals surface area contributed by atoms with E-state index in [1.165, 1.54) is 15.6 Å². The average Bonchev–Trinajstić information content (AvgIpc) is 3.34. The molecule has 3 aromatic heterocycles. The number of carbonyl (C=O) groups is 1. The summed E-state index contributed by atoms with van der Waals surface area (Å²) in [6, 6.07) is 11.9. The maximum atomic E-state index is 12.5. The van der Waals surface area contributed by atoms with E-state index in [0.29, 0.717) is 31.1 Å².